The standard InChI is InChI=1S/2C6H5.2C2H2N3.CH3.Cu/c2*1-2-4-6-5-3-1;2*1-3-2-5-4-1;;/h2*1-5H;2*1-2H;1H3;/q;;2*-1;;+2. The molecule has 0 aliphatic rings. The summed E-state index contributed by atoms with van der Waals surface area (Å²) in [7, 11) is 0. The van der Waals surface area contributed by atoms with E-state index in [4.69, 9.17) is 0 Å². The Bertz CT molecular complexity index is 842. The van der Waals surface area contributed by atoms with E-state index in [1.807, 2.05) is 36.4 Å². The number of nitrogens with zero attached hydrogens (tertiary/aromatic N) is 6. The molecular weight excluding hydrogens is 352 g/mol. The van der Waals surface area contributed by atoms with Gasteiger partial charge in [-0.2, -0.15) is 0 Å². The van der Waals surface area contributed by atoms with E-state index >= 15 is 0 Å². The Morgan fingerprint density at radius 3 is 1.25 bits per heavy atom. The van der Waals surface area contributed by atoms with Gasteiger partial charge in [0.1, 0.15) is 0 Å². The summed E-state index contributed by atoms with van der Waals surface area (Å²) in [5, 5.41) is 16.3. The molecule has 2 aromatic heterocycles. The van der Waals surface area contributed by atoms with Crippen molar-refractivity contribution in [2.24, 2.45) is 0 Å². The maximum atomic E-state index is 4.08. The Kier molecular flexibility index (Phi) is 3.33. The molecule has 0 saturated heterocycles. The minimum atomic E-state index is -2.73. The second kappa shape index (κ2) is 5.40. The summed E-state index contributed by atoms with van der Waals surface area (Å²) in [5.74, 6) is 2.23. The fourth-order valence-corrected chi connectivity index (χ4v) is 7.34. The van der Waals surface area contributed by atoms with Gasteiger partial charge < -0.3 is 0 Å². The van der Waals surface area contributed by atoms with E-state index in [1.165, 1.54) is 0 Å². The van der Waals surface area contributed by atoms with Crippen molar-refractivity contribution in [1.29, 1.82) is 0 Å². The van der Waals surface area contributed by atoms with Crippen LogP contribution in [0.5, 0.6) is 0 Å². The van der Waals surface area contributed by atoms with Gasteiger partial charge in [-0.05, 0) is 0 Å². The summed E-state index contributed by atoms with van der Waals surface area (Å²) in [6, 6.07) is 20.8. The molecule has 24 heavy (non-hydrogen) atoms. The van der Waals surface area contributed by atoms with Crippen molar-refractivity contribution in [3.8, 4) is 0 Å². The number of benzene rings is 2. The third kappa shape index (κ3) is 1.82. The second-order valence-corrected chi connectivity index (χ2v) is 10.1. The summed E-state index contributed by atoms with van der Waals surface area (Å²) in [5.41, 5.74) is 0. The van der Waals surface area contributed by atoms with Gasteiger partial charge in [0, 0.05) is 0 Å². The molecule has 2 heterocycles. The molecule has 6 nitrogen and oxygen atoms in total. The van der Waals surface area contributed by atoms with Crippen molar-refractivity contribution in [2.45, 2.75) is 5.82 Å². The molecule has 0 radical (unpaired) electrons. The molecule has 4 aromatic rings. The second-order valence-electron chi connectivity index (χ2n) is 5.01. The number of aromatic nitrogens is 6. The van der Waals surface area contributed by atoms with Crippen molar-refractivity contribution in [3.63, 3.8) is 0 Å². The molecule has 7 heteroatoms. The van der Waals surface area contributed by atoms with Crippen molar-refractivity contribution < 1.29 is 12.2 Å². The topological polar surface area (TPSA) is 61.4 Å². The molecule has 0 aliphatic carbocycles. The van der Waals surface area contributed by atoms with Crippen molar-refractivity contribution in [3.05, 3.63) is 86.0 Å². The first kappa shape index (κ1) is 14.8. The SMILES string of the molecule is [CH3][Cu]([c]1ccccc1)([c]1ccccc1)([n]1cnnc1)[n]1cnnc1. The normalized spacial score (nSPS) is 13.3. The van der Waals surface area contributed by atoms with Crippen molar-refractivity contribution >= 4 is 8.92 Å². The molecule has 0 atom stereocenters. The molecular formula is C17H17CuN6. The molecule has 126 valence electrons. The van der Waals surface area contributed by atoms with Crippen LogP contribution in [-0.2, 0) is 12.2 Å². The summed E-state index contributed by atoms with van der Waals surface area (Å²) in [4.78, 5) is 0. The Morgan fingerprint density at radius 2 is 0.917 bits per heavy atom. The summed E-state index contributed by atoms with van der Waals surface area (Å²) >= 11 is -2.73. The third-order valence-corrected chi connectivity index (χ3v) is 9.80. The van der Waals surface area contributed by atoms with Gasteiger partial charge in [0.2, 0.25) is 0 Å². The molecule has 0 aliphatic heterocycles. The predicted molar refractivity (Wildman–Crippen MR) is 88.9 cm³/mol. The zero-order valence-corrected chi connectivity index (χ0v) is 14.0. The Hall–Kier alpha value is -2.76. The van der Waals surface area contributed by atoms with E-state index in [0.29, 0.717) is 0 Å². The summed E-state index contributed by atoms with van der Waals surface area (Å²) in [6.45, 7) is 0. The number of hydrogen-bond donors (Lipinski definition) is 0. The average Bonchev–Trinajstić information content (AvgIpc) is 3.37. The zero-order valence-electron chi connectivity index (χ0n) is 13.1. The summed E-state index contributed by atoms with van der Waals surface area (Å²) in [6.07, 6.45) is 7.06. The van der Waals surface area contributed by atoms with Gasteiger partial charge in [-0.3, -0.25) is 0 Å². The van der Waals surface area contributed by atoms with Crippen LogP contribution < -0.4 is 8.92 Å². The molecule has 0 bridgehead atoms. The zero-order chi connectivity index (χ0) is 16.5. The molecule has 0 fully saturated rings. The van der Waals surface area contributed by atoms with Crippen molar-refractivity contribution in [2.75, 3.05) is 0 Å². The molecule has 2 aromatic carbocycles. The molecule has 0 unspecified atom stereocenters. The maximum absolute atomic E-state index is 4.08. The summed E-state index contributed by atoms with van der Waals surface area (Å²) < 4.78 is 6.47. The van der Waals surface area contributed by atoms with Crippen LogP contribution in [0.25, 0.3) is 0 Å². The molecule has 0 spiro atoms. The Balaban J connectivity index is 2.21. The van der Waals surface area contributed by atoms with Crippen LogP contribution in [0.3, 0.4) is 0 Å². The van der Waals surface area contributed by atoms with Crippen LogP contribution in [0.4, 0.5) is 0 Å². The molecule has 0 saturated carbocycles. The average molecular weight is 369 g/mol. The number of hydrogen-bond acceptors (Lipinski definition) is 4. The van der Waals surface area contributed by atoms with Gasteiger partial charge in [0.25, 0.3) is 0 Å². The van der Waals surface area contributed by atoms with Gasteiger partial charge in [0.05, 0.1) is 0 Å². The molecule has 0 amide bonds. The van der Waals surface area contributed by atoms with Crippen molar-refractivity contribution in [1.82, 2.24) is 27.6 Å². The fourth-order valence-electron chi connectivity index (χ4n) is 2.52. The molecule has 4 rings (SSSR count). The first-order valence-corrected chi connectivity index (χ1v) is 9.89. The van der Waals surface area contributed by atoms with Gasteiger partial charge >= 0.3 is 141 Å². The first-order valence-electron chi connectivity index (χ1n) is 7.16. The molecule has 0 N–H and O–H groups in total. The third-order valence-electron chi connectivity index (χ3n) is 3.76. The minimum absolute atomic E-state index is 1.15. The van der Waals surface area contributed by atoms with Gasteiger partial charge in [-0.15, -0.1) is 0 Å². The van der Waals surface area contributed by atoms with Gasteiger partial charge in [-0.25, -0.2) is 0 Å². The monoisotopic (exact) mass is 368 g/mol. The van der Waals surface area contributed by atoms with E-state index in [0.717, 1.165) is 8.92 Å². The quantitative estimate of drug-likeness (QED) is 0.512. The number of rotatable bonds is 4. The Labute approximate surface area is 140 Å². The van der Waals surface area contributed by atoms with E-state index in [-0.39, 0.29) is 0 Å². The van der Waals surface area contributed by atoms with Gasteiger partial charge in [0.15, 0.2) is 0 Å². The fraction of sp³-hybridized carbons (Fsp3) is 0.0588. The van der Waals surface area contributed by atoms with E-state index in [2.05, 4.69) is 57.6 Å². The van der Waals surface area contributed by atoms with Gasteiger partial charge in [-0.1, -0.05) is 0 Å². The van der Waals surface area contributed by atoms with Crippen LogP contribution in [0.2, 0.25) is 5.82 Å². The van der Waals surface area contributed by atoms with Crippen LogP contribution in [0.1, 0.15) is 0 Å². The van der Waals surface area contributed by atoms with Crippen LogP contribution in [0, 0.1) is 0 Å². The van der Waals surface area contributed by atoms with E-state index < -0.39 is 12.2 Å². The van der Waals surface area contributed by atoms with Crippen LogP contribution >= 0.6 is 0 Å². The predicted octanol–water partition coefficient (Wildman–Crippen LogP) is 1.48. The first-order chi connectivity index (χ1) is 11.7. The Morgan fingerprint density at radius 1 is 0.583 bits per heavy atom. The van der Waals surface area contributed by atoms with Crippen LogP contribution in [-0.4, -0.2) is 27.6 Å². The van der Waals surface area contributed by atoms with Crippen LogP contribution in [0.15, 0.2) is 86.0 Å². The van der Waals surface area contributed by atoms with E-state index in [9.17, 15) is 0 Å². The van der Waals surface area contributed by atoms with E-state index in [1.54, 1.807) is 25.3 Å².